The maximum Gasteiger partial charge on any atom is 0.271 e. The molecule has 21 heavy (non-hydrogen) atoms. The number of amides is 1. The van der Waals surface area contributed by atoms with Gasteiger partial charge in [-0.15, -0.1) is 11.8 Å². The molecule has 108 valence electrons. The van der Waals surface area contributed by atoms with Crippen LogP contribution in [0.2, 0.25) is 0 Å². The summed E-state index contributed by atoms with van der Waals surface area (Å²) < 4.78 is 26.3. The van der Waals surface area contributed by atoms with E-state index < -0.39 is 15.9 Å². The summed E-state index contributed by atoms with van der Waals surface area (Å²) in [7, 11) is -3.84. The first kappa shape index (κ1) is 14.2. The van der Waals surface area contributed by atoms with Crippen LogP contribution in [0.1, 0.15) is 5.56 Å². The lowest BCUT2D eigenvalue weighted by Gasteiger charge is -2.28. The molecule has 1 heterocycles. The molecule has 0 unspecified atom stereocenters. The molecule has 2 aromatic rings. The van der Waals surface area contributed by atoms with Crippen molar-refractivity contribution in [1.29, 1.82) is 0 Å². The largest absolute Gasteiger partial charge is 0.273 e. The molecule has 0 saturated heterocycles. The van der Waals surface area contributed by atoms with Gasteiger partial charge in [-0.1, -0.05) is 24.3 Å². The Bertz CT molecular complexity index is 815. The van der Waals surface area contributed by atoms with Gasteiger partial charge in [0.25, 0.3) is 10.0 Å². The highest BCUT2D eigenvalue weighted by molar-refractivity contribution is 7.98. The summed E-state index contributed by atoms with van der Waals surface area (Å²) in [5.74, 6) is -0.424. The topological polar surface area (TPSA) is 54.5 Å². The van der Waals surface area contributed by atoms with Crippen molar-refractivity contribution >= 4 is 33.4 Å². The molecule has 1 amide bonds. The molecule has 1 aliphatic heterocycles. The summed E-state index contributed by atoms with van der Waals surface area (Å²) in [6.07, 6.45) is 2.00. The molecule has 0 spiro atoms. The Morgan fingerprint density at radius 3 is 2.62 bits per heavy atom. The van der Waals surface area contributed by atoms with Crippen LogP contribution in [-0.4, -0.2) is 20.6 Å². The zero-order chi connectivity index (χ0) is 15.0. The van der Waals surface area contributed by atoms with Gasteiger partial charge >= 0.3 is 0 Å². The minimum atomic E-state index is -3.84. The summed E-state index contributed by atoms with van der Waals surface area (Å²) in [4.78, 5) is 13.4. The van der Waals surface area contributed by atoms with Gasteiger partial charge in [-0.3, -0.25) is 4.79 Å². The number of fused-ring (bicyclic) bond motifs is 1. The highest BCUT2D eigenvalue weighted by Gasteiger charge is 2.37. The van der Waals surface area contributed by atoms with E-state index >= 15 is 0 Å². The maximum absolute atomic E-state index is 12.7. The van der Waals surface area contributed by atoms with Crippen molar-refractivity contribution in [2.24, 2.45) is 0 Å². The van der Waals surface area contributed by atoms with Gasteiger partial charge in [0.05, 0.1) is 17.0 Å². The normalized spacial score (nSPS) is 16.6. The smallest absolute Gasteiger partial charge is 0.271 e. The zero-order valence-corrected chi connectivity index (χ0v) is 12.9. The van der Waals surface area contributed by atoms with Crippen LogP contribution in [0.5, 0.6) is 0 Å². The number of sulfonamides is 1. The Labute approximate surface area is 127 Å². The highest BCUT2D eigenvalue weighted by atomic mass is 32.2. The minimum Gasteiger partial charge on any atom is -0.273 e. The van der Waals surface area contributed by atoms with E-state index in [9.17, 15) is 13.2 Å². The van der Waals surface area contributed by atoms with Crippen molar-refractivity contribution in [1.82, 2.24) is 0 Å². The van der Waals surface area contributed by atoms with Gasteiger partial charge in [0.15, 0.2) is 0 Å². The van der Waals surface area contributed by atoms with Gasteiger partial charge in [0.1, 0.15) is 0 Å². The van der Waals surface area contributed by atoms with Gasteiger partial charge < -0.3 is 0 Å². The van der Waals surface area contributed by atoms with Crippen LogP contribution in [0.25, 0.3) is 0 Å². The first-order chi connectivity index (χ1) is 10.0. The maximum atomic E-state index is 12.7. The standard InChI is InChI=1S/C15H13NO3S2/c1-20-13-7-4-6-12(10-13)16-15(17)9-11-5-2-3-8-14(11)21(16,18)19/h2-8,10H,9H2,1H3. The number of nitrogens with zero attached hydrogens (tertiary/aromatic N) is 1. The van der Waals surface area contributed by atoms with Crippen LogP contribution < -0.4 is 4.31 Å². The molecule has 0 fully saturated rings. The van der Waals surface area contributed by atoms with Crippen molar-refractivity contribution in [2.45, 2.75) is 16.2 Å². The molecule has 0 saturated carbocycles. The molecule has 2 aromatic carbocycles. The molecule has 0 atom stereocenters. The molecular weight excluding hydrogens is 306 g/mol. The first-order valence-corrected chi connectivity index (χ1v) is 9.00. The second kappa shape index (κ2) is 5.20. The average molecular weight is 319 g/mol. The van der Waals surface area contributed by atoms with Crippen molar-refractivity contribution in [3.63, 3.8) is 0 Å². The van der Waals surface area contributed by atoms with E-state index in [-0.39, 0.29) is 11.3 Å². The number of benzene rings is 2. The van der Waals surface area contributed by atoms with E-state index in [1.165, 1.54) is 11.8 Å². The summed E-state index contributed by atoms with van der Waals surface area (Å²) in [5, 5.41) is 0. The Hall–Kier alpha value is -1.79. The quantitative estimate of drug-likeness (QED) is 0.799. The van der Waals surface area contributed by atoms with E-state index in [0.717, 1.165) is 9.20 Å². The number of hydrogen-bond acceptors (Lipinski definition) is 4. The first-order valence-electron chi connectivity index (χ1n) is 6.34. The second-order valence-electron chi connectivity index (χ2n) is 4.65. The van der Waals surface area contributed by atoms with Crippen molar-refractivity contribution in [3.05, 3.63) is 54.1 Å². The third-order valence-electron chi connectivity index (χ3n) is 3.35. The Morgan fingerprint density at radius 1 is 1.10 bits per heavy atom. The Morgan fingerprint density at radius 2 is 1.86 bits per heavy atom. The summed E-state index contributed by atoms with van der Waals surface area (Å²) in [6, 6.07) is 13.6. The Kier molecular flexibility index (Phi) is 3.51. The average Bonchev–Trinajstić information content (AvgIpc) is 2.47. The third-order valence-corrected chi connectivity index (χ3v) is 5.92. The highest BCUT2D eigenvalue weighted by Crippen LogP contribution is 2.32. The fourth-order valence-corrected chi connectivity index (χ4v) is 4.48. The van der Waals surface area contributed by atoms with Crippen LogP contribution in [-0.2, 0) is 21.2 Å². The summed E-state index contributed by atoms with van der Waals surface area (Å²) >= 11 is 1.50. The zero-order valence-electron chi connectivity index (χ0n) is 11.3. The summed E-state index contributed by atoms with van der Waals surface area (Å²) in [6.45, 7) is 0. The molecule has 3 rings (SSSR count). The molecule has 6 heteroatoms. The van der Waals surface area contributed by atoms with Gasteiger partial charge in [-0.05, 0) is 36.1 Å². The van der Waals surface area contributed by atoms with E-state index in [0.29, 0.717) is 11.3 Å². The van der Waals surface area contributed by atoms with E-state index in [1.807, 2.05) is 12.3 Å². The molecule has 4 nitrogen and oxygen atoms in total. The van der Waals surface area contributed by atoms with E-state index in [1.54, 1.807) is 42.5 Å². The monoisotopic (exact) mass is 319 g/mol. The SMILES string of the molecule is CSc1cccc(N2C(=O)Cc3ccccc3S2(=O)=O)c1. The lowest BCUT2D eigenvalue weighted by molar-refractivity contribution is -0.117. The fraction of sp³-hybridized carbons (Fsp3) is 0.133. The van der Waals surface area contributed by atoms with Gasteiger partial charge in [-0.25, -0.2) is 12.7 Å². The van der Waals surface area contributed by atoms with Gasteiger partial charge in [0.2, 0.25) is 5.91 Å². The fourth-order valence-electron chi connectivity index (χ4n) is 2.39. The molecule has 0 radical (unpaired) electrons. The molecular formula is C15H13NO3S2. The predicted molar refractivity (Wildman–Crippen MR) is 83.0 cm³/mol. The molecule has 1 aliphatic rings. The number of hydrogen-bond donors (Lipinski definition) is 0. The molecule has 0 aliphatic carbocycles. The van der Waals surface area contributed by atoms with Crippen molar-refractivity contribution < 1.29 is 13.2 Å². The lowest BCUT2D eigenvalue weighted by atomic mass is 10.1. The van der Waals surface area contributed by atoms with Crippen LogP contribution in [0.15, 0.2) is 58.3 Å². The number of carbonyl (C=O) groups excluding carboxylic acids is 1. The minimum absolute atomic E-state index is 0.0961. The van der Waals surface area contributed by atoms with Crippen LogP contribution in [0.3, 0.4) is 0 Å². The second-order valence-corrected chi connectivity index (χ2v) is 7.28. The van der Waals surface area contributed by atoms with Crippen LogP contribution in [0.4, 0.5) is 5.69 Å². The predicted octanol–water partition coefficient (Wildman–Crippen LogP) is 2.69. The van der Waals surface area contributed by atoms with E-state index in [2.05, 4.69) is 0 Å². The number of carbonyl (C=O) groups is 1. The number of rotatable bonds is 2. The van der Waals surface area contributed by atoms with E-state index in [4.69, 9.17) is 0 Å². The van der Waals surface area contributed by atoms with Gasteiger partial charge in [-0.2, -0.15) is 0 Å². The van der Waals surface area contributed by atoms with Crippen molar-refractivity contribution in [3.8, 4) is 0 Å². The van der Waals surface area contributed by atoms with Crippen LogP contribution in [0, 0.1) is 0 Å². The Balaban J connectivity index is 2.17. The van der Waals surface area contributed by atoms with Gasteiger partial charge in [0, 0.05) is 4.90 Å². The molecule has 0 bridgehead atoms. The molecule has 0 N–H and O–H groups in total. The van der Waals surface area contributed by atoms with Crippen LogP contribution >= 0.6 is 11.8 Å². The summed E-state index contributed by atoms with van der Waals surface area (Å²) in [5.41, 5.74) is 0.945. The molecule has 0 aromatic heterocycles. The lowest BCUT2D eigenvalue weighted by Crippen LogP contribution is -2.42. The third kappa shape index (κ3) is 2.34. The van der Waals surface area contributed by atoms with Crippen molar-refractivity contribution in [2.75, 3.05) is 10.6 Å². The number of thioether (sulfide) groups is 1. The number of anilines is 1.